The summed E-state index contributed by atoms with van der Waals surface area (Å²) in [5.74, 6) is 0. The summed E-state index contributed by atoms with van der Waals surface area (Å²) in [4.78, 5) is 10.1. The van der Waals surface area contributed by atoms with Gasteiger partial charge in [0.25, 0.3) is 0 Å². The second kappa shape index (κ2) is 13.2. The van der Waals surface area contributed by atoms with Crippen molar-refractivity contribution in [1.82, 2.24) is 21.3 Å². The first-order valence-corrected chi connectivity index (χ1v) is 5.88. The second-order valence-electron chi connectivity index (χ2n) is 3.48. The average Bonchev–Trinajstić information content (AvgIpc) is 2.30. The Labute approximate surface area is 102 Å². The van der Waals surface area contributed by atoms with Crippen LogP contribution in [-0.2, 0) is 4.74 Å². The second-order valence-corrected chi connectivity index (χ2v) is 3.48. The van der Waals surface area contributed by atoms with Gasteiger partial charge in [0.2, 0.25) is 0 Å². The lowest BCUT2D eigenvalue weighted by molar-refractivity contribution is 0.130. The van der Waals surface area contributed by atoms with E-state index in [-0.39, 0.29) is 0 Å². The molecular formula is C10H24N4O3. The molecule has 5 N–H and O–H groups in total. The van der Waals surface area contributed by atoms with Crippen LogP contribution in [-0.4, -0.2) is 64.3 Å². The molecule has 0 saturated carbocycles. The zero-order valence-corrected chi connectivity index (χ0v) is 10.4. The number of nitrogens with one attached hydrogen (secondary N) is 4. The number of ether oxygens (including phenoxy) is 1. The van der Waals surface area contributed by atoms with Crippen LogP contribution in [0.5, 0.6) is 0 Å². The summed E-state index contributed by atoms with van der Waals surface area (Å²) < 4.78 is 5.23. The van der Waals surface area contributed by atoms with E-state index in [2.05, 4.69) is 21.3 Å². The zero-order chi connectivity index (χ0) is 12.8. The first-order valence-electron chi connectivity index (χ1n) is 5.88. The molecule has 0 aliphatic rings. The Hall–Kier alpha value is -0.890. The van der Waals surface area contributed by atoms with Gasteiger partial charge in [-0.05, 0) is 20.0 Å². The highest BCUT2D eigenvalue weighted by Gasteiger charge is 1.93. The zero-order valence-electron chi connectivity index (χ0n) is 10.4. The van der Waals surface area contributed by atoms with Crippen molar-refractivity contribution in [1.29, 1.82) is 0 Å². The van der Waals surface area contributed by atoms with Crippen molar-refractivity contribution in [2.75, 3.05) is 53.1 Å². The first-order chi connectivity index (χ1) is 8.27. The number of likely N-dealkylation sites (N-methyl/N-ethyl adjacent to an activating group) is 1. The van der Waals surface area contributed by atoms with E-state index in [1.54, 1.807) is 0 Å². The minimum absolute atomic E-state index is 0.342. The van der Waals surface area contributed by atoms with Crippen LogP contribution < -0.4 is 21.3 Å². The van der Waals surface area contributed by atoms with E-state index < -0.39 is 6.09 Å². The lowest BCUT2D eigenvalue weighted by atomic mass is 10.4. The standard InChI is InChI=1S/C10H24N4O3/c1-11-4-5-13-9-12-3-2-7-17-8-6-14-10(15)16/h11-14H,2-9H2,1H3,(H,15,16). The molecule has 0 saturated heterocycles. The Kier molecular flexibility index (Phi) is 12.5. The van der Waals surface area contributed by atoms with Crippen molar-refractivity contribution in [2.45, 2.75) is 6.42 Å². The maximum Gasteiger partial charge on any atom is 0.404 e. The molecule has 0 aliphatic heterocycles. The number of carbonyl (C=O) groups is 1. The van der Waals surface area contributed by atoms with Crippen LogP contribution in [0.4, 0.5) is 4.79 Å². The fourth-order valence-corrected chi connectivity index (χ4v) is 1.11. The van der Waals surface area contributed by atoms with Crippen LogP contribution in [0.3, 0.4) is 0 Å². The Bertz CT molecular complexity index is 181. The van der Waals surface area contributed by atoms with Gasteiger partial charge in [0.1, 0.15) is 0 Å². The summed E-state index contributed by atoms with van der Waals surface area (Å²) in [7, 11) is 1.92. The van der Waals surface area contributed by atoms with E-state index in [9.17, 15) is 4.79 Å². The number of rotatable bonds is 12. The monoisotopic (exact) mass is 248 g/mol. The normalized spacial score (nSPS) is 10.4. The summed E-state index contributed by atoms with van der Waals surface area (Å²) in [6.07, 6.45) is -0.0938. The van der Waals surface area contributed by atoms with Crippen LogP contribution in [0, 0.1) is 0 Å². The van der Waals surface area contributed by atoms with Gasteiger partial charge >= 0.3 is 6.09 Å². The molecule has 0 rings (SSSR count). The van der Waals surface area contributed by atoms with Crippen molar-refractivity contribution in [2.24, 2.45) is 0 Å². The fourth-order valence-electron chi connectivity index (χ4n) is 1.11. The van der Waals surface area contributed by atoms with Gasteiger partial charge in [-0.15, -0.1) is 0 Å². The molecule has 7 nitrogen and oxygen atoms in total. The highest BCUT2D eigenvalue weighted by molar-refractivity contribution is 5.64. The third-order valence-corrected chi connectivity index (χ3v) is 1.97. The summed E-state index contributed by atoms with van der Waals surface area (Å²) in [5.41, 5.74) is 0. The van der Waals surface area contributed by atoms with Crippen molar-refractivity contribution in [3.63, 3.8) is 0 Å². The summed E-state index contributed by atoms with van der Waals surface area (Å²) in [6.45, 7) is 5.00. The van der Waals surface area contributed by atoms with Gasteiger partial charge in [0.05, 0.1) is 6.61 Å². The third kappa shape index (κ3) is 15.1. The Morgan fingerprint density at radius 2 is 1.88 bits per heavy atom. The lowest BCUT2D eigenvalue weighted by Gasteiger charge is -2.07. The van der Waals surface area contributed by atoms with E-state index >= 15 is 0 Å². The van der Waals surface area contributed by atoms with Crippen molar-refractivity contribution >= 4 is 6.09 Å². The quantitative estimate of drug-likeness (QED) is 0.225. The first kappa shape index (κ1) is 16.1. The highest BCUT2D eigenvalue weighted by Crippen LogP contribution is 1.80. The molecule has 0 fully saturated rings. The molecule has 1 amide bonds. The van der Waals surface area contributed by atoms with E-state index in [0.717, 1.165) is 32.7 Å². The Balaban J connectivity index is 2.91. The minimum atomic E-state index is -1.01. The van der Waals surface area contributed by atoms with Crippen LogP contribution in [0.25, 0.3) is 0 Å². The molecule has 0 aromatic rings. The molecule has 0 spiro atoms. The van der Waals surface area contributed by atoms with Crippen LogP contribution in [0.15, 0.2) is 0 Å². The van der Waals surface area contributed by atoms with E-state index in [4.69, 9.17) is 9.84 Å². The molecule has 0 aliphatic carbocycles. The molecule has 17 heavy (non-hydrogen) atoms. The fraction of sp³-hybridized carbons (Fsp3) is 0.900. The number of hydrogen-bond donors (Lipinski definition) is 5. The van der Waals surface area contributed by atoms with Crippen molar-refractivity contribution in [3.8, 4) is 0 Å². The molecule has 0 unspecified atom stereocenters. The highest BCUT2D eigenvalue weighted by atomic mass is 16.5. The smallest absolute Gasteiger partial charge is 0.404 e. The summed E-state index contributed by atoms with van der Waals surface area (Å²) in [6, 6.07) is 0. The predicted molar refractivity (Wildman–Crippen MR) is 66.3 cm³/mol. The predicted octanol–water partition coefficient (Wildman–Crippen LogP) is -0.983. The Morgan fingerprint density at radius 3 is 2.59 bits per heavy atom. The van der Waals surface area contributed by atoms with Gasteiger partial charge in [0.15, 0.2) is 0 Å². The van der Waals surface area contributed by atoms with Gasteiger partial charge < -0.3 is 31.1 Å². The van der Waals surface area contributed by atoms with E-state index in [0.29, 0.717) is 19.8 Å². The summed E-state index contributed by atoms with van der Waals surface area (Å²) in [5, 5.41) is 20.0. The topological polar surface area (TPSA) is 94.6 Å². The van der Waals surface area contributed by atoms with Gasteiger partial charge in [-0.3, -0.25) is 0 Å². The average molecular weight is 248 g/mol. The summed E-state index contributed by atoms with van der Waals surface area (Å²) >= 11 is 0. The Morgan fingerprint density at radius 1 is 1.12 bits per heavy atom. The number of carboxylic acid groups (broad SMARTS) is 1. The van der Waals surface area contributed by atoms with Gasteiger partial charge in [-0.25, -0.2) is 4.79 Å². The molecule has 0 aromatic heterocycles. The molecule has 0 aromatic carbocycles. The molecular weight excluding hydrogens is 224 g/mol. The SMILES string of the molecule is CNCCNCNCCCOCCNC(=O)O. The molecule has 7 heteroatoms. The van der Waals surface area contributed by atoms with Gasteiger partial charge in [0, 0.05) is 32.9 Å². The molecule has 0 radical (unpaired) electrons. The molecule has 0 bridgehead atoms. The molecule has 0 heterocycles. The third-order valence-electron chi connectivity index (χ3n) is 1.97. The van der Waals surface area contributed by atoms with Crippen LogP contribution in [0.1, 0.15) is 6.42 Å². The van der Waals surface area contributed by atoms with E-state index in [1.165, 1.54) is 0 Å². The van der Waals surface area contributed by atoms with Crippen LogP contribution in [0.2, 0.25) is 0 Å². The maximum absolute atomic E-state index is 10.1. The molecule has 102 valence electrons. The van der Waals surface area contributed by atoms with Crippen molar-refractivity contribution in [3.05, 3.63) is 0 Å². The van der Waals surface area contributed by atoms with Crippen molar-refractivity contribution < 1.29 is 14.6 Å². The maximum atomic E-state index is 10.1. The van der Waals surface area contributed by atoms with Gasteiger partial charge in [-0.1, -0.05) is 0 Å². The van der Waals surface area contributed by atoms with Crippen LogP contribution >= 0.6 is 0 Å². The minimum Gasteiger partial charge on any atom is -0.465 e. The number of amides is 1. The number of hydrogen-bond acceptors (Lipinski definition) is 5. The lowest BCUT2D eigenvalue weighted by Crippen LogP contribution is -2.34. The van der Waals surface area contributed by atoms with Gasteiger partial charge in [-0.2, -0.15) is 0 Å². The van der Waals surface area contributed by atoms with E-state index in [1.807, 2.05) is 7.05 Å². The molecule has 0 atom stereocenters. The largest absolute Gasteiger partial charge is 0.465 e.